The van der Waals surface area contributed by atoms with Crippen LogP contribution in [0.1, 0.15) is 25.7 Å². The molecule has 1 saturated carbocycles. The monoisotopic (exact) mass is 297 g/mol. The van der Waals surface area contributed by atoms with Gasteiger partial charge in [0.25, 0.3) is 0 Å². The zero-order valence-corrected chi connectivity index (χ0v) is 12.3. The molecule has 1 fully saturated rings. The lowest BCUT2D eigenvalue weighted by molar-refractivity contribution is 0.0575. The first-order valence-electron chi connectivity index (χ1n) is 6.88. The van der Waals surface area contributed by atoms with Crippen molar-refractivity contribution in [1.82, 2.24) is 9.88 Å². The first kappa shape index (κ1) is 15.1. The number of aliphatic hydroxyl groups excluding tert-OH is 1. The van der Waals surface area contributed by atoms with E-state index in [-0.39, 0.29) is 18.1 Å². The lowest BCUT2D eigenvalue weighted by atomic mass is 9.86. The van der Waals surface area contributed by atoms with Gasteiger partial charge in [0.15, 0.2) is 0 Å². The number of nitrogens with zero attached hydrogens (tertiary/aromatic N) is 2. The summed E-state index contributed by atoms with van der Waals surface area (Å²) in [5.74, 6) is 0.167. The Hall–Kier alpha value is -1.33. The number of carbonyl (C=O) groups excluding carboxylic acids is 1. The van der Waals surface area contributed by atoms with E-state index in [0.717, 1.165) is 25.7 Å². The summed E-state index contributed by atoms with van der Waals surface area (Å²) in [6.07, 6.45) is 5.25. The van der Waals surface area contributed by atoms with Crippen LogP contribution in [0.4, 0.5) is 10.5 Å². The van der Waals surface area contributed by atoms with Gasteiger partial charge in [-0.3, -0.25) is 0 Å². The van der Waals surface area contributed by atoms with Crippen molar-refractivity contribution in [2.24, 2.45) is 5.92 Å². The SMILES string of the molecule is CN(CC1CCCCC1O)C(=O)Nc1ccnc(Cl)c1. The third-order valence-corrected chi connectivity index (χ3v) is 3.91. The van der Waals surface area contributed by atoms with Gasteiger partial charge in [-0.15, -0.1) is 0 Å². The van der Waals surface area contributed by atoms with E-state index < -0.39 is 0 Å². The van der Waals surface area contributed by atoms with Gasteiger partial charge < -0.3 is 15.3 Å². The van der Waals surface area contributed by atoms with Gasteiger partial charge in [-0.1, -0.05) is 24.4 Å². The topological polar surface area (TPSA) is 65.5 Å². The summed E-state index contributed by atoms with van der Waals surface area (Å²) < 4.78 is 0. The average Bonchev–Trinajstić information content (AvgIpc) is 2.41. The van der Waals surface area contributed by atoms with Crippen molar-refractivity contribution in [2.75, 3.05) is 18.9 Å². The summed E-state index contributed by atoms with van der Waals surface area (Å²) >= 11 is 5.77. The van der Waals surface area contributed by atoms with Crippen LogP contribution in [-0.4, -0.2) is 40.7 Å². The highest BCUT2D eigenvalue weighted by atomic mass is 35.5. The van der Waals surface area contributed by atoms with Crippen molar-refractivity contribution in [3.8, 4) is 0 Å². The molecule has 2 N–H and O–H groups in total. The molecule has 5 nitrogen and oxygen atoms in total. The molecule has 1 aromatic heterocycles. The molecule has 0 aliphatic heterocycles. The average molecular weight is 298 g/mol. The maximum Gasteiger partial charge on any atom is 0.321 e. The Morgan fingerprint density at radius 1 is 1.55 bits per heavy atom. The van der Waals surface area contributed by atoms with E-state index in [1.54, 1.807) is 30.3 Å². The number of amides is 2. The smallest absolute Gasteiger partial charge is 0.321 e. The van der Waals surface area contributed by atoms with Crippen LogP contribution in [0.25, 0.3) is 0 Å². The van der Waals surface area contributed by atoms with Gasteiger partial charge in [0.1, 0.15) is 5.15 Å². The Morgan fingerprint density at radius 2 is 2.30 bits per heavy atom. The molecule has 1 aromatic rings. The molecular formula is C14H20ClN3O2. The van der Waals surface area contributed by atoms with Crippen LogP contribution in [0.2, 0.25) is 5.15 Å². The Bertz CT molecular complexity index is 469. The summed E-state index contributed by atoms with van der Waals surface area (Å²) in [4.78, 5) is 17.5. The lowest BCUT2D eigenvalue weighted by Gasteiger charge is -2.31. The standard InChI is InChI=1S/C14H20ClN3O2/c1-18(9-10-4-2-3-5-12(10)19)14(20)17-11-6-7-16-13(15)8-11/h6-8,10,12,19H,2-5,9H2,1H3,(H,16,17,20). The minimum atomic E-state index is -0.297. The third-order valence-electron chi connectivity index (χ3n) is 3.70. The van der Waals surface area contributed by atoms with Crippen LogP contribution in [0.3, 0.4) is 0 Å². The van der Waals surface area contributed by atoms with Gasteiger partial charge in [0.2, 0.25) is 0 Å². The highest BCUT2D eigenvalue weighted by Crippen LogP contribution is 2.25. The second-order valence-corrected chi connectivity index (χ2v) is 5.68. The number of urea groups is 1. The van der Waals surface area contributed by atoms with E-state index in [1.807, 2.05) is 0 Å². The minimum absolute atomic E-state index is 0.167. The van der Waals surface area contributed by atoms with Crippen molar-refractivity contribution in [3.63, 3.8) is 0 Å². The number of carbonyl (C=O) groups is 1. The van der Waals surface area contributed by atoms with Gasteiger partial charge in [0, 0.05) is 31.4 Å². The van der Waals surface area contributed by atoms with Gasteiger partial charge >= 0.3 is 6.03 Å². The zero-order chi connectivity index (χ0) is 14.5. The molecule has 2 unspecified atom stereocenters. The summed E-state index contributed by atoms with van der Waals surface area (Å²) in [6.45, 7) is 0.561. The van der Waals surface area contributed by atoms with Crippen LogP contribution < -0.4 is 5.32 Å². The molecule has 20 heavy (non-hydrogen) atoms. The van der Waals surface area contributed by atoms with Gasteiger partial charge in [0.05, 0.1) is 6.10 Å². The van der Waals surface area contributed by atoms with E-state index >= 15 is 0 Å². The molecule has 0 aromatic carbocycles. The Morgan fingerprint density at radius 3 is 3.00 bits per heavy atom. The Balaban J connectivity index is 1.88. The lowest BCUT2D eigenvalue weighted by Crippen LogP contribution is -2.40. The van der Waals surface area contributed by atoms with Gasteiger partial charge in [-0.2, -0.15) is 0 Å². The predicted octanol–water partition coefficient (Wildman–Crippen LogP) is 2.75. The van der Waals surface area contributed by atoms with E-state index in [9.17, 15) is 9.90 Å². The molecule has 6 heteroatoms. The molecule has 0 radical (unpaired) electrons. The van der Waals surface area contributed by atoms with Crippen LogP contribution >= 0.6 is 11.6 Å². The number of aromatic nitrogens is 1. The van der Waals surface area contributed by atoms with E-state index in [1.165, 1.54) is 0 Å². The number of aliphatic hydroxyl groups is 1. The summed E-state index contributed by atoms with van der Waals surface area (Å²) in [7, 11) is 1.74. The molecule has 1 aliphatic rings. The molecule has 110 valence electrons. The fraction of sp³-hybridized carbons (Fsp3) is 0.571. The van der Waals surface area contributed by atoms with Gasteiger partial charge in [-0.05, 0) is 25.0 Å². The molecule has 2 rings (SSSR count). The van der Waals surface area contributed by atoms with Crippen molar-refractivity contribution < 1.29 is 9.90 Å². The molecular weight excluding hydrogens is 278 g/mol. The van der Waals surface area contributed by atoms with Crippen LogP contribution in [0.5, 0.6) is 0 Å². The molecule has 2 amide bonds. The quantitative estimate of drug-likeness (QED) is 0.843. The molecule has 2 atom stereocenters. The fourth-order valence-corrected chi connectivity index (χ4v) is 2.71. The number of hydrogen-bond donors (Lipinski definition) is 2. The first-order chi connectivity index (χ1) is 9.56. The van der Waals surface area contributed by atoms with Crippen molar-refractivity contribution >= 4 is 23.3 Å². The van der Waals surface area contributed by atoms with Crippen molar-refractivity contribution in [1.29, 1.82) is 0 Å². The highest BCUT2D eigenvalue weighted by molar-refractivity contribution is 6.29. The Kier molecular flexibility index (Phi) is 5.20. The van der Waals surface area contributed by atoms with Crippen molar-refractivity contribution in [3.05, 3.63) is 23.5 Å². The van der Waals surface area contributed by atoms with Gasteiger partial charge in [-0.25, -0.2) is 9.78 Å². The van der Waals surface area contributed by atoms with Crippen LogP contribution in [0, 0.1) is 5.92 Å². The molecule has 0 spiro atoms. The second-order valence-electron chi connectivity index (χ2n) is 5.29. The normalized spacial score (nSPS) is 22.4. The molecule has 0 bridgehead atoms. The minimum Gasteiger partial charge on any atom is -0.393 e. The summed E-state index contributed by atoms with van der Waals surface area (Å²) in [5, 5.41) is 13.1. The number of rotatable bonds is 3. The van der Waals surface area contributed by atoms with Crippen LogP contribution in [0.15, 0.2) is 18.3 Å². The number of halogens is 1. The largest absolute Gasteiger partial charge is 0.393 e. The fourth-order valence-electron chi connectivity index (χ4n) is 2.53. The number of hydrogen-bond acceptors (Lipinski definition) is 3. The zero-order valence-electron chi connectivity index (χ0n) is 11.6. The van der Waals surface area contributed by atoms with E-state index in [2.05, 4.69) is 10.3 Å². The third kappa shape index (κ3) is 4.08. The van der Waals surface area contributed by atoms with Crippen LogP contribution in [-0.2, 0) is 0 Å². The summed E-state index contributed by atoms with van der Waals surface area (Å²) in [6, 6.07) is 3.08. The maximum absolute atomic E-state index is 12.1. The van der Waals surface area contributed by atoms with Crippen molar-refractivity contribution in [2.45, 2.75) is 31.8 Å². The number of anilines is 1. The molecule has 0 saturated heterocycles. The van der Waals surface area contributed by atoms with E-state index in [4.69, 9.17) is 11.6 Å². The summed E-state index contributed by atoms with van der Waals surface area (Å²) in [5.41, 5.74) is 0.617. The maximum atomic E-state index is 12.1. The number of nitrogens with one attached hydrogen (secondary N) is 1. The molecule has 1 aliphatic carbocycles. The highest BCUT2D eigenvalue weighted by Gasteiger charge is 2.25. The first-order valence-corrected chi connectivity index (χ1v) is 7.26. The number of pyridine rings is 1. The second kappa shape index (κ2) is 6.90. The van der Waals surface area contributed by atoms with E-state index in [0.29, 0.717) is 17.4 Å². The predicted molar refractivity (Wildman–Crippen MR) is 78.9 cm³/mol. The Labute approximate surface area is 123 Å². The molecule has 1 heterocycles.